The number of amides is 2. The molecule has 2 heterocycles. The number of nitrogens with one attached hydrogen (secondary N) is 1. The lowest BCUT2D eigenvalue weighted by Crippen LogP contribution is -2.45. The topological polar surface area (TPSA) is 48.7 Å². The molecule has 0 saturated carbocycles. The lowest BCUT2D eigenvalue weighted by molar-refractivity contribution is 0.193. The Bertz CT molecular complexity index is 703. The van der Waals surface area contributed by atoms with Gasteiger partial charge in [-0.05, 0) is 49.6 Å². The van der Waals surface area contributed by atoms with Gasteiger partial charge in [-0.3, -0.25) is 4.90 Å². The van der Waals surface area contributed by atoms with Gasteiger partial charge in [-0.15, -0.1) is 0 Å². The van der Waals surface area contributed by atoms with Crippen molar-refractivity contribution >= 4 is 17.6 Å². The van der Waals surface area contributed by atoms with Crippen LogP contribution >= 0.6 is 11.6 Å². The van der Waals surface area contributed by atoms with E-state index < -0.39 is 0 Å². The smallest absolute Gasteiger partial charge is 0.317 e. The maximum absolute atomic E-state index is 12.6. The number of nitrogens with zero attached hydrogens (tertiary/aromatic N) is 2. The lowest BCUT2D eigenvalue weighted by atomic mass is 10.1. The maximum atomic E-state index is 12.6. The third-order valence-electron chi connectivity index (χ3n) is 4.97. The molecule has 5 nitrogen and oxygen atoms in total. The summed E-state index contributed by atoms with van der Waals surface area (Å²) in [7, 11) is 0. The first-order valence-corrected chi connectivity index (χ1v) is 10.0. The fraction of sp³-hybridized carbons (Fsp3) is 0.476. The molecule has 1 fully saturated rings. The summed E-state index contributed by atoms with van der Waals surface area (Å²) in [4.78, 5) is 16.9. The SMILES string of the molecule is CC(CCc1ccco1)NC(=O)N1CCCN(Cc2ccc(Cl)cc2)CC1. The Morgan fingerprint density at radius 1 is 1.19 bits per heavy atom. The minimum Gasteiger partial charge on any atom is -0.469 e. The third kappa shape index (κ3) is 6.29. The highest BCUT2D eigenvalue weighted by Crippen LogP contribution is 2.13. The lowest BCUT2D eigenvalue weighted by Gasteiger charge is -2.24. The van der Waals surface area contributed by atoms with E-state index in [0.29, 0.717) is 0 Å². The summed E-state index contributed by atoms with van der Waals surface area (Å²) in [5, 5.41) is 3.89. The van der Waals surface area contributed by atoms with Crippen molar-refractivity contribution in [3.05, 3.63) is 59.0 Å². The second kappa shape index (κ2) is 9.81. The molecule has 1 aromatic heterocycles. The van der Waals surface area contributed by atoms with Gasteiger partial charge in [-0.25, -0.2) is 4.79 Å². The number of hydrogen-bond donors (Lipinski definition) is 1. The first-order chi connectivity index (χ1) is 13.1. The average Bonchev–Trinajstić information content (AvgIpc) is 3.07. The summed E-state index contributed by atoms with van der Waals surface area (Å²) >= 11 is 5.96. The van der Waals surface area contributed by atoms with Crippen molar-refractivity contribution in [1.82, 2.24) is 15.1 Å². The molecule has 2 amide bonds. The molecule has 6 heteroatoms. The summed E-state index contributed by atoms with van der Waals surface area (Å²) in [5.74, 6) is 0.962. The minimum absolute atomic E-state index is 0.0373. The van der Waals surface area contributed by atoms with Crippen LogP contribution in [0.1, 0.15) is 31.1 Å². The molecule has 0 bridgehead atoms. The molecule has 1 saturated heterocycles. The number of carbonyl (C=O) groups excluding carboxylic acids is 1. The van der Waals surface area contributed by atoms with E-state index in [0.717, 1.165) is 62.8 Å². The van der Waals surface area contributed by atoms with Crippen molar-refractivity contribution in [2.75, 3.05) is 26.2 Å². The molecular formula is C21H28ClN3O2. The Morgan fingerprint density at radius 2 is 2.00 bits per heavy atom. The van der Waals surface area contributed by atoms with Crippen molar-refractivity contribution in [3.8, 4) is 0 Å². The third-order valence-corrected chi connectivity index (χ3v) is 5.22. The Morgan fingerprint density at radius 3 is 2.74 bits per heavy atom. The molecule has 2 aromatic rings. The summed E-state index contributed by atoms with van der Waals surface area (Å²) in [6.45, 7) is 6.38. The van der Waals surface area contributed by atoms with Crippen LogP contribution in [0.3, 0.4) is 0 Å². The zero-order chi connectivity index (χ0) is 19.1. The molecule has 1 aliphatic rings. The standard InChI is InChI=1S/C21H28ClN3O2/c1-17(5-10-20-4-2-15-27-20)23-21(26)25-12-3-11-24(13-14-25)16-18-6-8-19(22)9-7-18/h2,4,6-9,15,17H,3,5,10-14,16H2,1H3,(H,23,26). The van der Waals surface area contributed by atoms with E-state index in [1.165, 1.54) is 5.56 Å². The van der Waals surface area contributed by atoms with Crippen molar-refractivity contribution in [2.45, 2.75) is 38.8 Å². The summed E-state index contributed by atoms with van der Waals surface area (Å²) in [6.07, 6.45) is 4.38. The van der Waals surface area contributed by atoms with Crippen LogP contribution in [0.5, 0.6) is 0 Å². The molecule has 1 N–H and O–H groups in total. The van der Waals surface area contributed by atoms with Gasteiger partial charge < -0.3 is 14.6 Å². The molecule has 3 rings (SSSR count). The highest BCUT2D eigenvalue weighted by Gasteiger charge is 2.20. The number of furan rings is 1. The molecule has 1 atom stereocenters. The van der Waals surface area contributed by atoms with Crippen LogP contribution < -0.4 is 5.32 Å². The number of rotatable bonds is 6. The highest BCUT2D eigenvalue weighted by atomic mass is 35.5. The Hall–Kier alpha value is -1.98. The molecule has 1 aliphatic heterocycles. The van der Waals surface area contributed by atoms with Gasteiger partial charge >= 0.3 is 6.03 Å². The first-order valence-electron chi connectivity index (χ1n) is 9.65. The maximum Gasteiger partial charge on any atom is 0.317 e. The van der Waals surface area contributed by atoms with Gasteiger partial charge in [-0.1, -0.05) is 23.7 Å². The monoisotopic (exact) mass is 389 g/mol. The van der Waals surface area contributed by atoms with Gasteiger partial charge in [0.1, 0.15) is 5.76 Å². The van der Waals surface area contributed by atoms with Crippen molar-refractivity contribution in [1.29, 1.82) is 0 Å². The largest absolute Gasteiger partial charge is 0.469 e. The zero-order valence-corrected chi connectivity index (χ0v) is 16.6. The van der Waals surface area contributed by atoms with E-state index in [2.05, 4.69) is 22.3 Å². The zero-order valence-electron chi connectivity index (χ0n) is 15.9. The molecule has 1 aromatic carbocycles. The number of halogens is 1. The van der Waals surface area contributed by atoms with E-state index in [1.807, 2.05) is 36.1 Å². The first kappa shape index (κ1) is 19.8. The molecule has 27 heavy (non-hydrogen) atoms. The van der Waals surface area contributed by atoms with E-state index >= 15 is 0 Å². The predicted molar refractivity (Wildman–Crippen MR) is 108 cm³/mol. The summed E-state index contributed by atoms with van der Waals surface area (Å²) in [5.41, 5.74) is 1.25. The summed E-state index contributed by atoms with van der Waals surface area (Å²) in [6, 6.07) is 12.0. The van der Waals surface area contributed by atoms with Gasteiger partial charge in [0.15, 0.2) is 0 Å². The molecule has 0 spiro atoms. The second-order valence-electron chi connectivity index (χ2n) is 7.21. The van der Waals surface area contributed by atoms with Crippen molar-refractivity contribution in [3.63, 3.8) is 0 Å². The Balaban J connectivity index is 1.42. The van der Waals surface area contributed by atoms with Gasteiger partial charge in [0, 0.05) is 50.2 Å². The molecule has 0 aliphatic carbocycles. The second-order valence-corrected chi connectivity index (χ2v) is 7.65. The van der Waals surface area contributed by atoms with Crippen molar-refractivity contribution < 1.29 is 9.21 Å². The quantitative estimate of drug-likeness (QED) is 0.806. The molecular weight excluding hydrogens is 362 g/mol. The number of urea groups is 1. The van der Waals surface area contributed by atoms with Crippen LogP contribution in [0.15, 0.2) is 47.1 Å². The van der Waals surface area contributed by atoms with E-state index in [1.54, 1.807) is 6.26 Å². The van der Waals surface area contributed by atoms with Gasteiger partial charge in [0.05, 0.1) is 6.26 Å². The van der Waals surface area contributed by atoms with Crippen LogP contribution in [0, 0.1) is 0 Å². The Labute approximate surface area is 166 Å². The van der Waals surface area contributed by atoms with Crippen molar-refractivity contribution in [2.24, 2.45) is 0 Å². The predicted octanol–water partition coefficient (Wildman–Crippen LogP) is 4.17. The number of benzene rings is 1. The van der Waals surface area contributed by atoms with Crippen LogP contribution in [-0.4, -0.2) is 48.1 Å². The van der Waals surface area contributed by atoms with Crippen LogP contribution in [0.2, 0.25) is 5.02 Å². The van der Waals surface area contributed by atoms with Crippen LogP contribution in [-0.2, 0) is 13.0 Å². The number of aryl methyl sites for hydroxylation is 1. The molecule has 0 radical (unpaired) electrons. The van der Waals surface area contributed by atoms with Crippen LogP contribution in [0.4, 0.5) is 4.79 Å². The minimum atomic E-state index is 0.0373. The number of carbonyl (C=O) groups is 1. The fourth-order valence-corrected chi connectivity index (χ4v) is 3.49. The van der Waals surface area contributed by atoms with Crippen LogP contribution in [0.25, 0.3) is 0 Å². The van der Waals surface area contributed by atoms with Gasteiger partial charge in [-0.2, -0.15) is 0 Å². The molecule has 146 valence electrons. The Kier molecular flexibility index (Phi) is 7.18. The van der Waals surface area contributed by atoms with E-state index in [4.69, 9.17) is 16.0 Å². The average molecular weight is 390 g/mol. The summed E-state index contributed by atoms with van der Waals surface area (Å²) < 4.78 is 5.35. The number of hydrogen-bond acceptors (Lipinski definition) is 3. The fourth-order valence-electron chi connectivity index (χ4n) is 3.37. The van der Waals surface area contributed by atoms with Gasteiger partial charge in [0.25, 0.3) is 0 Å². The van der Waals surface area contributed by atoms with E-state index in [-0.39, 0.29) is 12.1 Å². The van der Waals surface area contributed by atoms with Gasteiger partial charge in [0.2, 0.25) is 0 Å². The molecule has 1 unspecified atom stereocenters. The highest BCUT2D eigenvalue weighted by molar-refractivity contribution is 6.30. The van der Waals surface area contributed by atoms with E-state index in [9.17, 15) is 4.79 Å². The normalized spacial score (nSPS) is 16.7.